The van der Waals surface area contributed by atoms with Gasteiger partial charge in [0.15, 0.2) is 0 Å². The van der Waals surface area contributed by atoms with Crippen LogP contribution in [-0.2, 0) is 9.59 Å². The van der Waals surface area contributed by atoms with Gasteiger partial charge in [-0.1, -0.05) is 15.9 Å². The number of halogens is 1. The molecule has 1 atom stereocenters. The van der Waals surface area contributed by atoms with E-state index in [0.29, 0.717) is 32.7 Å². The van der Waals surface area contributed by atoms with Crippen molar-refractivity contribution in [1.82, 2.24) is 19.7 Å². The van der Waals surface area contributed by atoms with Gasteiger partial charge in [-0.05, 0) is 18.2 Å². The summed E-state index contributed by atoms with van der Waals surface area (Å²) in [6.45, 7) is 2.94. The topological polar surface area (TPSA) is 79.9 Å². The highest BCUT2D eigenvalue weighted by atomic mass is 79.9. The van der Waals surface area contributed by atoms with E-state index < -0.39 is 12.0 Å². The molecule has 0 radical (unpaired) electrons. The van der Waals surface area contributed by atoms with Gasteiger partial charge in [0, 0.05) is 67.4 Å². The van der Waals surface area contributed by atoms with Crippen molar-refractivity contribution in [3.8, 4) is 0 Å². The second-order valence-corrected chi connectivity index (χ2v) is 7.69. The fraction of sp³-hybridized carbons (Fsp3) is 0.444. The number of nitrogens with one attached hydrogen (secondary N) is 1. The van der Waals surface area contributed by atoms with Crippen molar-refractivity contribution in [3.63, 3.8) is 0 Å². The third kappa shape index (κ3) is 3.92. The van der Waals surface area contributed by atoms with Crippen molar-refractivity contribution in [2.75, 3.05) is 46.8 Å². The maximum atomic E-state index is 12.0. The number of carboxylic acids is 1. The minimum absolute atomic E-state index is 0.0645. The first-order valence-corrected chi connectivity index (χ1v) is 9.32. The molecule has 3 rings (SSSR count). The van der Waals surface area contributed by atoms with Crippen LogP contribution in [0.25, 0.3) is 10.9 Å². The minimum atomic E-state index is -0.858. The van der Waals surface area contributed by atoms with Crippen molar-refractivity contribution in [2.24, 2.45) is 0 Å². The third-order valence-electron chi connectivity index (χ3n) is 4.83. The molecule has 0 bridgehead atoms. The monoisotopic (exact) mass is 422 g/mol. The molecule has 140 valence electrons. The lowest BCUT2D eigenvalue weighted by molar-refractivity contribution is -0.145. The number of piperazine rings is 1. The molecule has 1 fully saturated rings. The van der Waals surface area contributed by atoms with E-state index in [-0.39, 0.29) is 5.91 Å². The molecule has 1 saturated heterocycles. The Balaban J connectivity index is 1.76. The van der Waals surface area contributed by atoms with Gasteiger partial charge in [-0.25, -0.2) is 0 Å². The zero-order chi connectivity index (χ0) is 18.8. The number of benzene rings is 1. The normalized spacial score (nSPS) is 17.3. The molecular weight excluding hydrogens is 400 g/mol. The van der Waals surface area contributed by atoms with Gasteiger partial charge in [-0.3, -0.25) is 19.4 Å². The molecule has 2 aromatic rings. The van der Waals surface area contributed by atoms with Gasteiger partial charge in [0.1, 0.15) is 6.04 Å². The summed E-state index contributed by atoms with van der Waals surface area (Å²) in [7, 11) is 3.49. The minimum Gasteiger partial charge on any atom is -0.480 e. The lowest BCUT2D eigenvalue weighted by Crippen LogP contribution is -2.51. The summed E-state index contributed by atoms with van der Waals surface area (Å²) in [6.07, 6.45) is 1.79. The molecule has 1 aromatic carbocycles. The third-order valence-corrected chi connectivity index (χ3v) is 5.33. The predicted molar refractivity (Wildman–Crippen MR) is 103 cm³/mol. The Labute approximate surface area is 160 Å². The van der Waals surface area contributed by atoms with E-state index in [9.17, 15) is 14.7 Å². The fourth-order valence-electron chi connectivity index (χ4n) is 3.34. The first kappa shape index (κ1) is 18.9. The van der Waals surface area contributed by atoms with Crippen molar-refractivity contribution >= 4 is 38.7 Å². The molecule has 0 spiro atoms. The first-order chi connectivity index (χ1) is 12.4. The van der Waals surface area contributed by atoms with E-state index >= 15 is 0 Å². The molecule has 0 saturated carbocycles. The van der Waals surface area contributed by atoms with Gasteiger partial charge in [-0.2, -0.15) is 0 Å². The fourth-order valence-corrected chi connectivity index (χ4v) is 3.70. The molecule has 8 heteroatoms. The summed E-state index contributed by atoms with van der Waals surface area (Å²) < 4.78 is 0.919. The highest BCUT2D eigenvalue weighted by Crippen LogP contribution is 2.31. The van der Waals surface area contributed by atoms with Crippen LogP contribution >= 0.6 is 15.9 Å². The van der Waals surface area contributed by atoms with E-state index in [4.69, 9.17) is 0 Å². The van der Waals surface area contributed by atoms with Gasteiger partial charge >= 0.3 is 5.97 Å². The molecule has 1 aromatic heterocycles. The van der Waals surface area contributed by atoms with Crippen molar-refractivity contribution in [3.05, 3.63) is 34.4 Å². The van der Waals surface area contributed by atoms with Crippen LogP contribution < -0.4 is 0 Å². The van der Waals surface area contributed by atoms with E-state index in [1.165, 1.54) is 0 Å². The lowest BCUT2D eigenvalue weighted by atomic mass is 10.0. The number of carbonyl (C=O) groups excluding carboxylic acids is 1. The average molecular weight is 423 g/mol. The second-order valence-electron chi connectivity index (χ2n) is 6.77. The lowest BCUT2D eigenvalue weighted by Gasteiger charge is -2.37. The predicted octanol–water partition coefficient (Wildman–Crippen LogP) is 1.76. The number of aromatic amines is 1. The highest BCUT2D eigenvalue weighted by molar-refractivity contribution is 9.10. The molecule has 0 aliphatic carbocycles. The van der Waals surface area contributed by atoms with E-state index in [2.05, 4.69) is 25.8 Å². The van der Waals surface area contributed by atoms with Gasteiger partial charge in [0.2, 0.25) is 5.91 Å². The smallest absolute Gasteiger partial charge is 0.325 e. The zero-order valence-electron chi connectivity index (χ0n) is 14.9. The molecule has 2 heterocycles. The van der Waals surface area contributed by atoms with Crippen molar-refractivity contribution in [2.45, 2.75) is 6.04 Å². The Morgan fingerprint density at radius 3 is 2.58 bits per heavy atom. The first-order valence-electron chi connectivity index (χ1n) is 8.52. The number of amides is 1. The molecule has 1 amide bonds. The Bertz CT molecular complexity index is 812. The largest absolute Gasteiger partial charge is 0.480 e. The molecule has 1 aliphatic heterocycles. The molecule has 2 N–H and O–H groups in total. The second kappa shape index (κ2) is 7.77. The van der Waals surface area contributed by atoms with Crippen LogP contribution in [0.5, 0.6) is 0 Å². The number of aromatic nitrogens is 1. The Kier molecular flexibility index (Phi) is 5.64. The maximum absolute atomic E-state index is 12.0. The summed E-state index contributed by atoms with van der Waals surface area (Å²) in [5, 5.41) is 10.8. The number of likely N-dealkylation sites (N-methyl/N-ethyl adjacent to an activating group) is 1. The number of hydrogen-bond donors (Lipinski definition) is 2. The van der Waals surface area contributed by atoms with Crippen LogP contribution in [-0.4, -0.2) is 83.5 Å². The zero-order valence-corrected chi connectivity index (χ0v) is 16.5. The van der Waals surface area contributed by atoms with E-state index in [1.54, 1.807) is 25.2 Å². The Morgan fingerprint density at radius 1 is 1.27 bits per heavy atom. The molecular formula is C18H23BrN4O3. The highest BCUT2D eigenvalue weighted by Gasteiger charge is 2.32. The number of hydrogen-bond acceptors (Lipinski definition) is 4. The van der Waals surface area contributed by atoms with Crippen LogP contribution in [0.3, 0.4) is 0 Å². The molecule has 7 nitrogen and oxygen atoms in total. The molecule has 1 aliphatic rings. The number of carbonyl (C=O) groups is 2. The number of rotatable bonds is 5. The summed E-state index contributed by atoms with van der Waals surface area (Å²) in [5.41, 5.74) is 1.69. The van der Waals surface area contributed by atoms with Crippen LogP contribution in [0.1, 0.15) is 11.6 Å². The number of carboxylic acid groups (broad SMARTS) is 1. The standard InChI is InChI=1S/C18H23BrN4O3/c1-21(2)16(24)11-22-5-7-23(8-6-22)17(18(25)26)14-10-20-15-4-3-12(19)9-13(14)15/h3-4,9-10,17,20H,5-8,11H2,1-2H3,(H,25,26)/t17-/m1/s1. The Hall–Kier alpha value is -1.90. The number of aliphatic carboxylic acids is 1. The SMILES string of the molecule is CN(C)C(=O)CN1CCN([C@@H](C(=O)O)c2c[nH]c3ccc(Br)cc23)CC1. The van der Waals surface area contributed by atoms with E-state index in [1.807, 2.05) is 23.1 Å². The van der Waals surface area contributed by atoms with Crippen molar-refractivity contribution in [1.29, 1.82) is 0 Å². The summed E-state index contributed by atoms with van der Waals surface area (Å²) in [4.78, 5) is 32.7. The average Bonchev–Trinajstić information content (AvgIpc) is 2.99. The maximum Gasteiger partial charge on any atom is 0.325 e. The quantitative estimate of drug-likeness (QED) is 0.767. The van der Waals surface area contributed by atoms with Crippen LogP contribution in [0.4, 0.5) is 0 Å². The molecule has 26 heavy (non-hydrogen) atoms. The van der Waals surface area contributed by atoms with Crippen molar-refractivity contribution < 1.29 is 14.7 Å². The van der Waals surface area contributed by atoms with Crippen LogP contribution in [0, 0.1) is 0 Å². The summed E-state index contributed by atoms with van der Waals surface area (Å²) in [5.74, 6) is -0.793. The Morgan fingerprint density at radius 2 is 1.96 bits per heavy atom. The van der Waals surface area contributed by atoms with Crippen LogP contribution in [0.2, 0.25) is 0 Å². The summed E-state index contributed by atoms with van der Waals surface area (Å²) >= 11 is 3.46. The van der Waals surface area contributed by atoms with Gasteiger partial charge in [0.25, 0.3) is 0 Å². The van der Waals surface area contributed by atoms with Gasteiger partial charge < -0.3 is 15.0 Å². The summed E-state index contributed by atoms with van der Waals surface area (Å²) in [6, 6.07) is 5.11. The number of fused-ring (bicyclic) bond motifs is 1. The van der Waals surface area contributed by atoms with Crippen LogP contribution in [0.15, 0.2) is 28.9 Å². The van der Waals surface area contributed by atoms with Gasteiger partial charge in [-0.15, -0.1) is 0 Å². The number of H-pyrrole nitrogens is 1. The number of nitrogens with zero attached hydrogens (tertiary/aromatic N) is 3. The van der Waals surface area contributed by atoms with E-state index in [0.717, 1.165) is 20.9 Å². The van der Waals surface area contributed by atoms with Gasteiger partial charge in [0.05, 0.1) is 6.54 Å². The molecule has 0 unspecified atom stereocenters.